The van der Waals surface area contributed by atoms with Gasteiger partial charge in [0, 0.05) is 6.61 Å². The van der Waals surface area contributed by atoms with Crippen molar-refractivity contribution in [1.82, 2.24) is 0 Å². The first-order valence-corrected chi connectivity index (χ1v) is 2.60. The van der Waals surface area contributed by atoms with Crippen molar-refractivity contribution in [3.05, 3.63) is 0 Å². The highest BCUT2D eigenvalue weighted by atomic mass is 16.3. The second-order valence-corrected chi connectivity index (χ2v) is 1.51. The maximum Gasteiger partial charge on any atom is 0.0686 e. The van der Waals surface area contributed by atoms with Crippen LogP contribution < -0.4 is 5.73 Å². The Bertz CT molecular complexity index is 101. The van der Waals surface area contributed by atoms with Gasteiger partial charge < -0.3 is 10.8 Å². The summed E-state index contributed by atoms with van der Waals surface area (Å²) >= 11 is 0. The molecule has 0 aliphatic carbocycles. The average molecular weight is 113 g/mol. The SMILES string of the molecule is CC#C[C@H](N)CCO. The number of hydrogen-bond donors (Lipinski definition) is 2. The Balaban J connectivity index is 3.27. The molecule has 0 spiro atoms. The molecule has 0 bridgehead atoms. The summed E-state index contributed by atoms with van der Waals surface area (Å²) in [5, 5.41) is 8.32. The minimum atomic E-state index is -0.148. The molecular formula is C6H11NO. The third-order valence-corrected chi connectivity index (χ3v) is 0.770. The van der Waals surface area contributed by atoms with Crippen LogP contribution in [0.25, 0.3) is 0 Å². The topological polar surface area (TPSA) is 46.2 Å². The van der Waals surface area contributed by atoms with Crippen LogP contribution in [0.1, 0.15) is 13.3 Å². The Morgan fingerprint density at radius 1 is 1.75 bits per heavy atom. The molecule has 0 radical (unpaired) electrons. The Labute approximate surface area is 49.7 Å². The van der Waals surface area contributed by atoms with Crippen LogP contribution in [0.3, 0.4) is 0 Å². The lowest BCUT2D eigenvalue weighted by Crippen LogP contribution is -2.18. The maximum atomic E-state index is 8.32. The molecule has 0 fully saturated rings. The van der Waals surface area contributed by atoms with Gasteiger partial charge in [0.05, 0.1) is 6.04 Å². The van der Waals surface area contributed by atoms with Gasteiger partial charge >= 0.3 is 0 Å². The van der Waals surface area contributed by atoms with Gasteiger partial charge in [0.2, 0.25) is 0 Å². The molecule has 46 valence electrons. The van der Waals surface area contributed by atoms with Gasteiger partial charge in [-0.2, -0.15) is 0 Å². The van der Waals surface area contributed by atoms with Crippen LogP contribution in [0.5, 0.6) is 0 Å². The van der Waals surface area contributed by atoms with Crippen molar-refractivity contribution < 1.29 is 5.11 Å². The molecule has 0 amide bonds. The van der Waals surface area contributed by atoms with Crippen molar-refractivity contribution in [2.75, 3.05) is 6.61 Å². The number of hydrogen-bond acceptors (Lipinski definition) is 2. The van der Waals surface area contributed by atoms with Crippen molar-refractivity contribution >= 4 is 0 Å². The van der Waals surface area contributed by atoms with E-state index in [4.69, 9.17) is 10.8 Å². The van der Waals surface area contributed by atoms with Gasteiger partial charge in [-0.1, -0.05) is 5.92 Å². The molecule has 8 heavy (non-hydrogen) atoms. The van der Waals surface area contributed by atoms with E-state index < -0.39 is 0 Å². The second-order valence-electron chi connectivity index (χ2n) is 1.51. The van der Waals surface area contributed by atoms with Crippen LogP contribution in [0.15, 0.2) is 0 Å². The van der Waals surface area contributed by atoms with Gasteiger partial charge in [-0.3, -0.25) is 0 Å². The van der Waals surface area contributed by atoms with E-state index in [0.29, 0.717) is 6.42 Å². The van der Waals surface area contributed by atoms with Crippen molar-refractivity contribution in [3.63, 3.8) is 0 Å². The minimum absolute atomic E-state index is 0.121. The molecule has 0 aliphatic heterocycles. The fourth-order valence-corrected chi connectivity index (χ4v) is 0.397. The molecule has 0 saturated heterocycles. The second kappa shape index (κ2) is 4.63. The predicted molar refractivity (Wildman–Crippen MR) is 33.1 cm³/mol. The maximum absolute atomic E-state index is 8.32. The zero-order valence-corrected chi connectivity index (χ0v) is 5.02. The van der Waals surface area contributed by atoms with Gasteiger partial charge in [0.15, 0.2) is 0 Å². The van der Waals surface area contributed by atoms with E-state index in [0.717, 1.165) is 0 Å². The molecule has 0 rings (SSSR count). The molecule has 2 nitrogen and oxygen atoms in total. The molecule has 0 aromatic carbocycles. The average Bonchev–Trinajstić information content (AvgIpc) is 1.68. The summed E-state index contributed by atoms with van der Waals surface area (Å²) in [5.41, 5.74) is 5.36. The molecule has 3 N–H and O–H groups in total. The van der Waals surface area contributed by atoms with Gasteiger partial charge in [0.25, 0.3) is 0 Å². The number of rotatable bonds is 2. The van der Waals surface area contributed by atoms with Gasteiger partial charge in [-0.15, -0.1) is 5.92 Å². The molecule has 0 aromatic rings. The van der Waals surface area contributed by atoms with E-state index in [1.54, 1.807) is 6.92 Å². The summed E-state index contributed by atoms with van der Waals surface area (Å²) in [7, 11) is 0. The number of aliphatic hydroxyl groups is 1. The van der Waals surface area contributed by atoms with E-state index in [-0.39, 0.29) is 12.6 Å². The zero-order chi connectivity index (χ0) is 6.41. The van der Waals surface area contributed by atoms with Crippen molar-refractivity contribution in [2.45, 2.75) is 19.4 Å². The van der Waals surface area contributed by atoms with Crippen LogP contribution in [0.4, 0.5) is 0 Å². The summed E-state index contributed by atoms with van der Waals surface area (Å²) in [4.78, 5) is 0. The molecule has 0 aliphatic rings. The predicted octanol–water partition coefficient (Wildman–Crippen LogP) is -0.281. The number of aliphatic hydroxyl groups excluding tert-OH is 1. The lowest BCUT2D eigenvalue weighted by atomic mass is 10.2. The van der Waals surface area contributed by atoms with Crippen LogP contribution in [0.2, 0.25) is 0 Å². The first-order chi connectivity index (χ1) is 3.81. The summed E-state index contributed by atoms with van der Waals surface area (Å²) in [5.74, 6) is 5.38. The van der Waals surface area contributed by atoms with Gasteiger partial charge in [-0.05, 0) is 13.3 Å². The largest absolute Gasteiger partial charge is 0.396 e. The Hall–Kier alpha value is -0.520. The van der Waals surface area contributed by atoms with Gasteiger partial charge in [-0.25, -0.2) is 0 Å². The normalized spacial score (nSPS) is 11.9. The zero-order valence-electron chi connectivity index (χ0n) is 5.02. The van der Waals surface area contributed by atoms with Crippen LogP contribution >= 0.6 is 0 Å². The minimum Gasteiger partial charge on any atom is -0.396 e. The Morgan fingerprint density at radius 3 is 2.75 bits per heavy atom. The summed E-state index contributed by atoms with van der Waals surface area (Å²) in [6, 6.07) is -0.148. The molecule has 0 saturated carbocycles. The molecule has 2 heteroatoms. The highest BCUT2D eigenvalue weighted by molar-refractivity contribution is 5.03. The standard InChI is InChI=1S/C6H11NO/c1-2-3-6(7)4-5-8/h6,8H,4-5,7H2,1H3/t6-/m0/s1. The Morgan fingerprint density at radius 2 is 2.38 bits per heavy atom. The highest BCUT2D eigenvalue weighted by Gasteiger charge is 1.91. The molecule has 0 heterocycles. The van der Waals surface area contributed by atoms with E-state index in [2.05, 4.69) is 11.8 Å². The van der Waals surface area contributed by atoms with Gasteiger partial charge in [0.1, 0.15) is 0 Å². The van der Waals surface area contributed by atoms with Crippen LogP contribution in [-0.2, 0) is 0 Å². The lowest BCUT2D eigenvalue weighted by Gasteiger charge is -1.96. The van der Waals surface area contributed by atoms with Crippen LogP contribution in [-0.4, -0.2) is 17.8 Å². The summed E-state index contributed by atoms with van der Waals surface area (Å²) in [6.07, 6.45) is 0.570. The highest BCUT2D eigenvalue weighted by Crippen LogP contribution is 1.81. The van der Waals surface area contributed by atoms with Crippen molar-refractivity contribution in [3.8, 4) is 11.8 Å². The monoisotopic (exact) mass is 113 g/mol. The molecule has 0 aromatic heterocycles. The molecular weight excluding hydrogens is 102 g/mol. The fourth-order valence-electron chi connectivity index (χ4n) is 0.397. The summed E-state index contributed by atoms with van der Waals surface area (Å²) < 4.78 is 0. The number of nitrogens with two attached hydrogens (primary N) is 1. The Kier molecular flexibility index (Phi) is 4.33. The summed E-state index contributed by atoms with van der Waals surface area (Å²) in [6.45, 7) is 1.85. The first kappa shape index (κ1) is 7.48. The van der Waals surface area contributed by atoms with Crippen molar-refractivity contribution in [1.29, 1.82) is 0 Å². The third kappa shape index (κ3) is 3.66. The van der Waals surface area contributed by atoms with Crippen molar-refractivity contribution in [2.24, 2.45) is 5.73 Å². The van der Waals surface area contributed by atoms with E-state index >= 15 is 0 Å². The smallest absolute Gasteiger partial charge is 0.0686 e. The quantitative estimate of drug-likeness (QED) is 0.484. The van der Waals surface area contributed by atoms with Crippen LogP contribution in [0, 0.1) is 11.8 Å². The third-order valence-electron chi connectivity index (χ3n) is 0.770. The molecule has 0 unspecified atom stereocenters. The fraction of sp³-hybridized carbons (Fsp3) is 0.667. The lowest BCUT2D eigenvalue weighted by molar-refractivity contribution is 0.284. The molecule has 1 atom stereocenters. The van der Waals surface area contributed by atoms with E-state index in [1.165, 1.54) is 0 Å². The van der Waals surface area contributed by atoms with E-state index in [9.17, 15) is 0 Å². The first-order valence-electron chi connectivity index (χ1n) is 2.60. The van der Waals surface area contributed by atoms with E-state index in [1.807, 2.05) is 0 Å².